The van der Waals surface area contributed by atoms with Crippen LogP contribution in [-0.4, -0.2) is 115 Å². The van der Waals surface area contributed by atoms with Gasteiger partial charge in [0, 0.05) is 80.0 Å². The van der Waals surface area contributed by atoms with E-state index in [1.807, 2.05) is 13.8 Å². The summed E-state index contributed by atoms with van der Waals surface area (Å²) in [6, 6.07) is 15.8. The molecule has 12 rings (SSSR count). The number of nitrogens with zero attached hydrogens (tertiary/aromatic N) is 7. The number of likely N-dealkylation sites (tertiary alicyclic amines) is 2. The number of carbonyl (C=O) groups excluding carboxylic acids is 1. The van der Waals surface area contributed by atoms with Crippen LogP contribution in [0.25, 0.3) is 32.9 Å². The monoisotopic (exact) mass is 988 g/mol. The summed E-state index contributed by atoms with van der Waals surface area (Å²) in [5, 5.41) is 36.5. The zero-order chi connectivity index (χ0) is 50.3. The summed E-state index contributed by atoms with van der Waals surface area (Å²) >= 11 is 0. The van der Waals surface area contributed by atoms with E-state index >= 15 is 8.78 Å². The van der Waals surface area contributed by atoms with Crippen molar-refractivity contribution in [3.05, 3.63) is 106 Å². The number of carbonyl (C=O) groups is 1. The van der Waals surface area contributed by atoms with Gasteiger partial charge in [0.05, 0.1) is 23.1 Å². The van der Waals surface area contributed by atoms with Gasteiger partial charge in [-0.15, -0.1) is 6.42 Å². The van der Waals surface area contributed by atoms with Crippen LogP contribution in [0.3, 0.4) is 0 Å². The van der Waals surface area contributed by atoms with Crippen LogP contribution in [-0.2, 0) is 19.6 Å². The largest absolute Gasteiger partial charge is 0.508 e. The lowest BCUT2D eigenvalue weighted by Gasteiger charge is -2.47. The molecule has 6 aromatic rings. The summed E-state index contributed by atoms with van der Waals surface area (Å²) in [5.74, 6) is 1.10. The zero-order valence-electron chi connectivity index (χ0n) is 41.6. The lowest BCUT2D eigenvalue weighted by Crippen LogP contribution is -2.51. The average molecular weight is 989 g/mol. The van der Waals surface area contributed by atoms with Gasteiger partial charge in [-0.1, -0.05) is 44.0 Å². The molecule has 4 N–H and O–H groups in total. The smallest absolute Gasteiger partial charge is 0.319 e. The molecule has 7 heterocycles. The van der Waals surface area contributed by atoms with Gasteiger partial charge in [0.25, 0.3) is 5.91 Å². The fourth-order valence-electron chi connectivity index (χ4n) is 12.7. The maximum absolute atomic E-state index is 17.2. The first kappa shape index (κ1) is 47.4. The molecule has 2 unspecified atom stereocenters. The maximum Gasteiger partial charge on any atom is 0.319 e. The van der Waals surface area contributed by atoms with E-state index in [9.17, 15) is 20.1 Å². The quantitative estimate of drug-likeness (QED) is 0.0918. The first-order valence-electron chi connectivity index (χ1n) is 26.1. The number of phenolic OH excluding ortho intramolecular Hbond substituents is 3. The third-order valence-electron chi connectivity index (χ3n) is 17.2. The Morgan fingerprint density at radius 3 is 2.32 bits per heavy atom. The number of piperazine rings is 1. The lowest BCUT2D eigenvalue weighted by atomic mass is 9.71. The fraction of sp³-hybridized carbons (Fsp3) is 0.448. The second kappa shape index (κ2) is 18.4. The van der Waals surface area contributed by atoms with E-state index in [2.05, 4.69) is 49.1 Å². The fourth-order valence-corrected chi connectivity index (χ4v) is 12.7. The maximum atomic E-state index is 17.2. The van der Waals surface area contributed by atoms with E-state index in [4.69, 9.17) is 21.1 Å². The third-order valence-corrected chi connectivity index (χ3v) is 17.2. The van der Waals surface area contributed by atoms with Crippen LogP contribution in [0.5, 0.6) is 23.3 Å². The van der Waals surface area contributed by atoms with Crippen molar-refractivity contribution < 1.29 is 33.6 Å². The molecule has 6 aliphatic rings. The molecule has 15 heteroatoms. The Morgan fingerprint density at radius 2 is 1.60 bits per heavy atom. The predicted molar refractivity (Wildman–Crippen MR) is 276 cm³/mol. The summed E-state index contributed by atoms with van der Waals surface area (Å²) in [4.78, 5) is 37.0. The number of phenols is 3. The highest BCUT2D eigenvalue weighted by Crippen LogP contribution is 2.49. The van der Waals surface area contributed by atoms with Crippen molar-refractivity contribution in [3.63, 3.8) is 0 Å². The second-order valence-electron chi connectivity index (χ2n) is 22.4. The Kier molecular flexibility index (Phi) is 12.0. The van der Waals surface area contributed by atoms with E-state index < -0.39 is 11.6 Å². The molecule has 0 radical (unpaired) electrons. The predicted octanol–water partition coefficient (Wildman–Crippen LogP) is 8.98. The number of ether oxygens (including phenoxy) is 1. The number of nitrogens with one attached hydrogen (secondary N) is 1. The Balaban J connectivity index is 0.689. The normalized spacial score (nSPS) is 21.3. The Bertz CT molecular complexity index is 3220. The minimum Gasteiger partial charge on any atom is -0.508 e. The molecule has 1 saturated carbocycles. The number of terminal acetylenes is 1. The van der Waals surface area contributed by atoms with Crippen LogP contribution in [0, 0.1) is 34.8 Å². The molecule has 378 valence electrons. The number of benzene rings is 4. The van der Waals surface area contributed by atoms with Gasteiger partial charge in [0.2, 0.25) is 0 Å². The van der Waals surface area contributed by atoms with Crippen LogP contribution in [0.1, 0.15) is 109 Å². The molecular weight excluding hydrogens is 927 g/mol. The molecule has 4 saturated heterocycles. The van der Waals surface area contributed by atoms with Crippen LogP contribution in [0.2, 0.25) is 0 Å². The number of halogens is 2. The average Bonchev–Trinajstić information content (AvgIpc) is 3.87. The van der Waals surface area contributed by atoms with E-state index in [-0.39, 0.29) is 73.8 Å². The topological polar surface area (TPSA) is 151 Å². The molecule has 2 bridgehead atoms. The number of fused-ring (bicyclic) bond motifs is 5. The van der Waals surface area contributed by atoms with Gasteiger partial charge in [-0.3, -0.25) is 14.7 Å². The summed E-state index contributed by atoms with van der Waals surface area (Å²) < 4.78 is 38.8. The van der Waals surface area contributed by atoms with E-state index in [0.29, 0.717) is 72.4 Å². The van der Waals surface area contributed by atoms with Crippen molar-refractivity contribution in [3.8, 4) is 46.9 Å². The summed E-state index contributed by atoms with van der Waals surface area (Å²) in [5.41, 5.74) is 4.77. The molecule has 5 aliphatic heterocycles. The standard InChI is InChI=1S/C58H62F2N8O5/c1-4-42-47(59)10-7-36-22-41(69)23-45(50(36)42)52-51(60)53-46(26-61-52)54(67-30-39-8-9-40(31-67)62-39)64-56(63-53)73-33-58(11-12-58)32-66-19-15-57(16-20-66)13-17-65(18-14-57)27-35-5-6-37-28-68(29-38(37)21-35)55(72)44-24-43(34(2)3)48(70)25-49(44)71/h1,5-7,10,21-26,34,39-40,62,69-71H,8-9,11-20,27-33H2,2-3H3. The molecule has 5 fully saturated rings. The second-order valence-corrected chi connectivity index (χ2v) is 22.4. The molecule has 4 aromatic carbocycles. The minimum atomic E-state index is -0.724. The summed E-state index contributed by atoms with van der Waals surface area (Å²) in [6.45, 7) is 12.7. The first-order chi connectivity index (χ1) is 35.2. The van der Waals surface area contributed by atoms with Gasteiger partial charge < -0.3 is 40.1 Å². The molecule has 1 aliphatic carbocycles. The van der Waals surface area contributed by atoms with Crippen LogP contribution in [0.4, 0.5) is 14.6 Å². The van der Waals surface area contributed by atoms with Gasteiger partial charge in [0.1, 0.15) is 40.1 Å². The van der Waals surface area contributed by atoms with Gasteiger partial charge in [0.15, 0.2) is 5.82 Å². The van der Waals surface area contributed by atoms with Crippen molar-refractivity contribution in [2.75, 3.05) is 57.3 Å². The number of aromatic nitrogens is 3. The highest BCUT2D eigenvalue weighted by Gasteiger charge is 2.47. The lowest BCUT2D eigenvalue weighted by molar-refractivity contribution is 0.0225. The molecule has 73 heavy (non-hydrogen) atoms. The highest BCUT2D eigenvalue weighted by molar-refractivity contribution is 6.03. The highest BCUT2D eigenvalue weighted by atomic mass is 19.1. The van der Waals surface area contributed by atoms with Gasteiger partial charge in [-0.05, 0) is 141 Å². The van der Waals surface area contributed by atoms with Crippen molar-refractivity contribution >= 4 is 33.4 Å². The summed E-state index contributed by atoms with van der Waals surface area (Å²) in [6.07, 6.45) is 16.2. The van der Waals surface area contributed by atoms with Crippen molar-refractivity contribution in [2.45, 2.75) is 103 Å². The first-order valence-corrected chi connectivity index (χ1v) is 26.1. The number of hydrogen-bond acceptors (Lipinski definition) is 12. The molecule has 1 spiro atoms. The van der Waals surface area contributed by atoms with Crippen LogP contribution in [0.15, 0.2) is 60.8 Å². The molecule has 1 amide bonds. The SMILES string of the molecule is C#Cc1c(F)ccc2cc(O)cc(-c3ncc4c(N5CC6CCC(C5)N6)nc(OCC5(CN6CCC7(CCN(Cc8ccc9c(c8)CN(C(=O)c8cc(C(C)C)c(O)cc8O)C9)CC7)CC6)CC5)nc4c3F)c12. The number of piperidine rings is 2. The van der Waals surface area contributed by atoms with Crippen LogP contribution >= 0.6 is 0 Å². The molecule has 2 atom stereocenters. The molecule has 2 aromatic heterocycles. The van der Waals surface area contributed by atoms with E-state index in [0.717, 1.165) is 76.1 Å². The summed E-state index contributed by atoms with van der Waals surface area (Å²) in [7, 11) is 0. The third kappa shape index (κ3) is 8.95. The van der Waals surface area contributed by atoms with Crippen molar-refractivity contribution in [1.82, 2.24) is 35.0 Å². The number of pyridine rings is 1. The van der Waals surface area contributed by atoms with Gasteiger partial charge in [-0.2, -0.15) is 9.97 Å². The number of hydrogen-bond donors (Lipinski definition) is 4. The zero-order valence-corrected chi connectivity index (χ0v) is 41.6. The number of rotatable bonds is 11. The Morgan fingerprint density at radius 1 is 0.877 bits per heavy atom. The number of amides is 1. The van der Waals surface area contributed by atoms with Gasteiger partial charge >= 0.3 is 6.01 Å². The Labute approximate surface area is 424 Å². The number of aromatic hydroxyl groups is 3. The molecule has 13 nitrogen and oxygen atoms in total. The van der Waals surface area contributed by atoms with Crippen molar-refractivity contribution in [1.29, 1.82) is 0 Å². The van der Waals surface area contributed by atoms with E-state index in [1.54, 1.807) is 17.2 Å². The minimum absolute atomic E-state index is 0.000316. The number of anilines is 1. The molecular formula is C58H62F2N8O5. The van der Waals surface area contributed by atoms with Crippen molar-refractivity contribution in [2.24, 2.45) is 10.8 Å². The van der Waals surface area contributed by atoms with E-state index in [1.165, 1.54) is 61.6 Å². The Hall–Kier alpha value is -6.60. The van der Waals surface area contributed by atoms with Crippen LogP contribution < -0.4 is 15.0 Å². The van der Waals surface area contributed by atoms with Gasteiger partial charge in [-0.25, -0.2) is 8.78 Å².